The second-order valence-corrected chi connectivity index (χ2v) is 4.64. The van der Waals surface area contributed by atoms with Gasteiger partial charge in [0.15, 0.2) is 0 Å². The van der Waals surface area contributed by atoms with Crippen LogP contribution >= 0.6 is 15.9 Å². The summed E-state index contributed by atoms with van der Waals surface area (Å²) in [6.07, 6.45) is 1.80. The summed E-state index contributed by atoms with van der Waals surface area (Å²) >= 11 is 3.41. The molecule has 1 aromatic carbocycles. The van der Waals surface area contributed by atoms with Gasteiger partial charge in [-0.3, -0.25) is 0 Å². The van der Waals surface area contributed by atoms with Crippen LogP contribution in [0.5, 0.6) is 17.6 Å². The Hall–Kier alpha value is -1.53. The number of hydrogen-bond donors (Lipinski definition) is 1. The van der Waals surface area contributed by atoms with E-state index in [0.29, 0.717) is 12.3 Å². The number of nitrogens with one attached hydrogen (secondary N) is 1. The molecule has 0 saturated carbocycles. The number of hydrogen-bond acceptors (Lipinski definition) is 5. The van der Waals surface area contributed by atoms with Gasteiger partial charge in [0.05, 0.1) is 17.3 Å². The SMILES string of the molecule is CCNCc1coc(Oc2ccc(OC)cc2Br)n1. The Balaban J connectivity index is 2.06. The van der Waals surface area contributed by atoms with E-state index in [0.717, 1.165) is 22.5 Å². The Morgan fingerprint density at radius 1 is 1.42 bits per heavy atom. The van der Waals surface area contributed by atoms with Gasteiger partial charge in [0.25, 0.3) is 0 Å². The maximum Gasteiger partial charge on any atom is 0.399 e. The van der Waals surface area contributed by atoms with Gasteiger partial charge < -0.3 is 19.2 Å². The van der Waals surface area contributed by atoms with Crippen LogP contribution in [0.3, 0.4) is 0 Å². The molecule has 102 valence electrons. The summed E-state index contributed by atoms with van der Waals surface area (Å²) in [4.78, 5) is 4.22. The average molecular weight is 327 g/mol. The molecule has 19 heavy (non-hydrogen) atoms. The van der Waals surface area contributed by atoms with E-state index in [9.17, 15) is 0 Å². The lowest BCUT2D eigenvalue weighted by Crippen LogP contribution is -2.11. The molecule has 0 atom stereocenters. The number of rotatable bonds is 6. The van der Waals surface area contributed by atoms with E-state index in [-0.39, 0.29) is 6.08 Å². The van der Waals surface area contributed by atoms with Crippen molar-refractivity contribution in [3.8, 4) is 17.6 Å². The van der Waals surface area contributed by atoms with Crippen LogP contribution in [0.2, 0.25) is 0 Å². The van der Waals surface area contributed by atoms with Crippen molar-refractivity contribution in [2.75, 3.05) is 13.7 Å². The van der Waals surface area contributed by atoms with Crippen LogP contribution in [0.25, 0.3) is 0 Å². The van der Waals surface area contributed by atoms with E-state index in [1.54, 1.807) is 19.4 Å². The Morgan fingerprint density at radius 3 is 2.95 bits per heavy atom. The van der Waals surface area contributed by atoms with Gasteiger partial charge in [-0.15, -0.1) is 0 Å². The third kappa shape index (κ3) is 3.71. The highest BCUT2D eigenvalue weighted by molar-refractivity contribution is 9.10. The van der Waals surface area contributed by atoms with E-state index in [2.05, 4.69) is 26.2 Å². The summed E-state index contributed by atoms with van der Waals surface area (Å²) in [6.45, 7) is 3.58. The molecule has 0 bridgehead atoms. The van der Waals surface area contributed by atoms with E-state index in [1.807, 2.05) is 19.1 Å². The molecule has 0 unspecified atom stereocenters. The molecule has 0 aliphatic carbocycles. The molecule has 2 rings (SSSR count). The van der Waals surface area contributed by atoms with Crippen molar-refractivity contribution in [3.05, 3.63) is 34.6 Å². The highest BCUT2D eigenvalue weighted by Gasteiger charge is 2.09. The number of oxazole rings is 1. The van der Waals surface area contributed by atoms with Crippen molar-refractivity contribution in [2.45, 2.75) is 13.5 Å². The zero-order chi connectivity index (χ0) is 13.7. The maximum absolute atomic E-state index is 5.56. The third-order valence-electron chi connectivity index (χ3n) is 2.42. The van der Waals surface area contributed by atoms with Crippen LogP contribution in [0, 0.1) is 0 Å². The molecule has 0 amide bonds. The van der Waals surface area contributed by atoms with Gasteiger partial charge in [-0.25, -0.2) is 0 Å². The Kier molecular flexibility index (Phi) is 4.81. The lowest BCUT2D eigenvalue weighted by molar-refractivity contribution is 0.328. The smallest absolute Gasteiger partial charge is 0.399 e. The van der Waals surface area contributed by atoms with Crippen molar-refractivity contribution in [3.63, 3.8) is 0 Å². The average Bonchev–Trinajstić information content (AvgIpc) is 2.86. The van der Waals surface area contributed by atoms with Gasteiger partial charge in [0.2, 0.25) is 0 Å². The summed E-state index contributed by atoms with van der Waals surface area (Å²) in [7, 11) is 1.61. The summed E-state index contributed by atoms with van der Waals surface area (Å²) in [6, 6.07) is 5.41. The van der Waals surface area contributed by atoms with Crippen molar-refractivity contribution in [1.82, 2.24) is 10.3 Å². The fraction of sp³-hybridized carbons (Fsp3) is 0.308. The summed E-state index contributed by atoms with van der Waals surface area (Å²) < 4.78 is 16.7. The first-order valence-electron chi connectivity index (χ1n) is 5.89. The number of halogens is 1. The topological polar surface area (TPSA) is 56.5 Å². The van der Waals surface area contributed by atoms with E-state index < -0.39 is 0 Å². The summed E-state index contributed by atoms with van der Waals surface area (Å²) in [5.41, 5.74) is 0.807. The highest BCUT2D eigenvalue weighted by Crippen LogP contribution is 2.32. The lowest BCUT2D eigenvalue weighted by atomic mass is 10.3. The first-order valence-corrected chi connectivity index (χ1v) is 6.68. The molecular weight excluding hydrogens is 312 g/mol. The largest absolute Gasteiger partial charge is 0.497 e. The zero-order valence-electron chi connectivity index (χ0n) is 10.8. The Morgan fingerprint density at radius 2 is 2.26 bits per heavy atom. The molecule has 0 saturated heterocycles. The fourth-order valence-corrected chi connectivity index (χ4v) is 1.89. The van der Waals surface area contributed by atoms with Crippen LogP contribution in [0.4, 0.5) is 0 Å². The zero-order valence-corrected chi connectivity index (χ0v) is 12.4. The molecule has 0 fully saturated rings. The third-order valence-corrected chi connectivity index (χ3v) is 3.04. The molecule has 1 heterocycles. The van der Waals surface area contributed by atoms with Crippen LogP contribution in [0.15, 0.2) is 33.4 Å². The minimum absolute atomic E-state index is 0.221. The number of nitrogens with zero attached hydrogens (tertiary/aromatic N) is 1. The first kappa shape index (κ1) is 13.9. The van der Waals surface area contributed by atoms with Crippen molar-refractivity contribution in [2.24, 2.45) is 0 Å². The predicted molar refractivity (Wildman–Crippen MR) is 74.7 cm³/mol. The van der Waals surface area contributed by atoms with Crippen molar-refractivity contribution < 1.29 is 13.9 Å². The number of benzene rings is 1. The van der Waals surface area contributed by atoms with Crippen molar-refractivity contribution >= 4 is 15.9 Å². The van der Waals surface area contributed by atoms with Crippen LogP contribution < -0.4 is 14.8 Å². The minimum Gasteiger partial charge on any atom is -0.497 e. The molecule has 2 aromatic rings. The normalized spacial score (nSPS) is 10.5. The molecule has 0 spiro atoms. The predicted octanol–water partition coefficient (Wildman–Crippen LogP) is 3.35. The maximum atomic E-state index is 5.56. The first-order chi connectivity index (χ1) is 9.22. The minimum atomic E-state index is 0.221. The van der Waals surface area contributed by atoms with Gasteiger partial charge in [-0.2, -0.15) is 4.98 Å². The fourth-order valence-electron chi connectivity index (χ4n) is 1.45. The Bertz CT molecular complexity index is 542. The summed E-state index contributed by atoms with van der Waals surface area (Å²) in [5, 5.41) is 3.16. The second kappa shape index (κ2) is 6.58. The lowest BCUT2D eigenvalue weighted by Gasteiger charge is -2.05. The molecule has 5 nitrogen and oxygen atoms in total. The van der Waals surface area contributed by atoms with Gasteiger partial charge in [-0.05, 0) is 40.7 Å². The van der Waals surface area contributed by atoms with Gasteiger partial charge in [0.1, 0.15) is 17.8 Å². The van der Waals surface area contributed by atoms with Gasteiger partial charge in [0, 0.05) is 6.54 Å². The van der Waals surface area contributed by atoms with Gasteiger partial charge >= 0.3 is 6.08 Å². The van der Waals surface area contributed by atoms with E-state index in [4.69, 9.17) is 13.9 Å². The summed E-state index contributed by atoms with van der Waals surface area (Å²) in [5.74, 6) is 1.37. The second-order valence-electron chi connectivity index (χ2n) is 3.78. The molecule has 1 N–H and O–H groups in total. The number of methoxy groups -OCH3 is 1. The van der Waals surface area contributed by atoms with Crippen molar-refractivity contribution in [1.29, 1.82) is 0 Å². The Labute approximate surface area is 120 Å². The monoisotopic (exact) mass is 326 g/mol. The van der Waals surface area contributed by atoms with E-state index in [1.165, 1.54) is 0 Å². The van der Waals surface area contributed by atoms with Crippen LogP contribution in [-0.4, -0.2) is 18.6 Å². The standard InChI is InChI=1S/C13H15BrN2O3/c1-3-15-7-9-8-18-13(16-9)19-12-5-4-10(17-2)6-11(12)14/h4-6,8,15H,3,7H2,1-2H3. The van der Waals surface area contributed by atoms with Crippen LogP contribution in [0.1, 0.15) is 12.6 Å². The quantitative estimate of drug-likeness (QED) is 0.882. The highest BCUT2D eigenvalue weighted by atomic mass is 79.9. The molecular formula is C13H15BrN2O3. The number of ether oxygens (including phenoxy) is 2. The molecule has 0 aliphatic rings. The number of aromatic nitrogens is 1. The molecule has 1 aromatic heterocycles. The van der Waals surface area contributed by atoms with Crippen LogP contribution in [-0.2, 0) is 6.54 Å². The molecule has 6 heteroatoms. The molecule has 0 radical (unpaired) electrons. The van der Waals surface area contributed by atoms with Gasteiger partial charge in [-0.1, -0.05) is 6.92 Å². The molecule has 0 aliphatic heterocycles. The van der Waals surface area contributed by atoms with E-state index >= 15 is 0 Å².